The summed E-state index contributed by atoms with van der Waals surface area (Å²) < 4.78 is 12.8. The van der Waals surface area contributed by atoms with Crippen LogP contribution in [-0.4, -0.2) is 61.5 Å². The lowest BCUT2D eigenvalue weighted by Gasteiger charge is -2.16. The second-order valence-electron chi connectivity index (χ2n) is 8.49. The van der Waals surface area contributed by atoms with Crippen molar-refractivity contribution < 1.29 is 9.47 Å². The molecule has 0 radical (unpaired) electrons. The Hall–Kier alpha value is -4.24. The number of H-pyrrole nitrogens is 1. The highest BCUT2D eigenvalue weighted by atomic mass is 16.5. The highest BCUT2D eigenvalue weighted by Crippen LogP contribution is 2.33. The Bertz CT molecular complexity index is 1520. The largest absolute Gasteiger partial charge is 0.492 e. The second kappa shape index (κ2) is 8.84. The molecule has 0 amide bonds. The molecule has 5 aromatic heterocycles. The molecule has 0 spiro atoms. The van der Waals surface area contributed by atoms with Crippen LogP contribution < -0.4 is 9.47 Å². The molecule has 1 N–H and O–H groups in total. The minimum atomic E-state index is 0.583. The van der Waals surface area contributed by atoms with E-state index in [1.165, 1.54) is 5.57 Å². The summed E-state index contributed by atoms with van der Waals surface area (Å²) in [6, 6.07) is 10.2. The Kier molecular flexibility index (Phi) is 5.38. The molecule has 0 saturated heterocycles. The molecule has 6 heterocycles. The fourth-order valence-corrected chi connectivity index (χ4v) is 4.55. The van der Waals surface area contributed by atoms with Gasteiger partial charge in [0.2, 0.25) is 5.88 Å². The minimum absolute atomic E-state index is 0.583. The van der Waals surface area contributed by atoms with Gasteiger partial charge in [-0.1, -0.05) is 18.2 Å². The second-order valence-corrected chi connectivity index (χ2v) is 8.49. The van der Waals surface area contributed by atoms with E-state index < -0.39 is 0 Å². The van der Waals surface area contributed by atoms with Crippen molar-refractivity contribution in [2.75, 3.05) is 26.8 Å². The molecule has 176 valence electrons. The summed E-state index contributed by atoms with van der Waals surface area (Å²) in [4.78, 5) is 11.5. The number of methoxy groups -OCH3 is 1. The number of aromatic nitrogens is 6. The van der Waals surface area contributed by atoms with Crippen LogP contribution in [0.5, 0.6) is 11.6 Å². The summed E-state index contributed by atoms with van der Waals surface area (Å²) in [5.41, 5.74) is 7.11. The van der Waals surface area contributed by atoms with Gasteiger partial charge < -0.3 is 9.47 Å². The fraction of sp³-hybridized carbons (Fsp3) is 0.231. The molecule has 5 aromatic rings. The van der Waals surface area contributed by atoms with Crippen molar-refractivity contribution in [1.82, 2.24) is 34.7 Å². The fourth-order valence-electron chi connectivity index (χ4n) is 4.55. The van der Waals surface area contributed by atoms with Crippen molar-refractivity contribution in [3.63, 3.8) is 0 Å². The number of fused-ring (bicyclic) bond motifs is 3. The lowest BCUT2D eigenvalue weighted by molar-refractivity contribution is 0.338. The molecule has 0 saturated carbocycles. The van der Waals surface area contributed by atoms with Crippen LogP contribution in [-0.2, 0) is 6.54 Å². The van der Waals surface area contributed by atoms with E-state index in [0.29, 0.717) is 12.5 Å². The van der Waals surface area contributed by atoms with Crippen molar-refractivity contribution in [2.45, 2.75) is 13.5 Å². The number of aromatic amines is 1. The average Bonchev–Trinajstić information content (AvgIpc) is 3.61. The molecule has 9 nitrogen and oxygen atoms in total. The number of nitrogens with one attached hydrogen (secondary N) is 1. The number of ether oxygens (including phenoxy) is 2. The number of hydrogen-bond donors (Lipinski definition) is 1. The summed E-state index contributed by atoms with van der Waals surface area (Å²) in [5.74, 6) is 1.39. The van der Waals surface area contributed by atoms with Gasteiger partial charge in [-0.25, -0.2) is 9.50 Å². The highest BCUT2D eigenvalue weighted by Gasteiger charge is 2.18. The Morgan fingerprint density at radius 2 is 2.03 bits per heavy atom. The zero-order valence-corrected chi connectivity index (χ0v) is 19.6. The van der Waals surface area contributed by atoms with Gasteiger partial charge in [-0.2, -0.15) is 5.10 Å². The molecular formula is C26H25N7O2. The van der Waals surface area contributed by atoms with Crippen LogP contribution in [0.4, 0.5) is 0 Å². The molecule has 1 aliphatic rings. The van der Waals surface area contributed by atoms with E-state index in [1.54, 1.807) is 13.3 Å². The first-order valence-electron chi connectivity index (χ1n) is 11.6. The number of pyridine rings is 3. The van der Waals surface area contributed by atoms with E-state index >= 15 is 0 Å². The van der Waals surface area contributed by atoms with E-state index in [-0.39, 0.29) is 0 Å². The molecule has 35 heavy (non-hydrogen) atoms. The van der Waals surface area contributed by atoms with Crippen molar-refractivity contribution in [1.29, 1.82) is 0 Å². The van der Waals surface area contributed by atoms with E-state index in [2.05, 4.69) is 49.5 Å². The van der Waals surface area contributed by atoms with Crippen molar-refractivity contribution in [3.8, 4) is 22.8 Å². The molecule has 0 unspecified atom stereocenters. The van der Waals surface area contributed by atoms with Gasteiger partial charge in [0.05, 0.1) is 42.7 Å². The monoisotopic (exact) mass is 467 g/mol. The number of hydrogen-bond acceptors (Lipinski definition) is 7. The predicted molar refractivity (Wildman–Crippen MR) is 133 cm³/mol. The Balaban J connectivity index is 1.24. The average molecular weight is 468 g/mol. The maximum atomic E-state index is 5.79. The topological polar surface area (TPSA) is 93.5 Å². The molecule has 1 aliphatic heterocycles. The van der Waals surface area contributed by atoms with E-state index in [4.69, 9.17) is 14.5 Å². The molecule has 0 atom stereocenters. The van der Waals surface area contributed by atoms with Crippen molar-refractivity contribution in [3.05, 3.63) is 72.5 Å². The van der Waals surface area contributed by atoms with E-state index in [9.17, 15) is 0 Å². The third kappa shape index (κ3) is 4.00. The molecular weight excluding hydrogens is 442 g/mol. The van der Waals surface area contributed by atoms with Gasteiger partial charge in [0.25, 0.3) is 0 Å². The molecule has 0 aliphatic carbocycles. The summed E-state index contributed by atoms with van der Waals surface area (Å²) in [6.07, 6.45) is 9.75. The van der Waals surface area contributed by atoms with Crippen LogP contribution >= 0.6 is 0 Å². The normalized spacial score (nSPS) is 14.1. The third-order valence-corrected chi connectivity index (χ3v) is 6.22. The van der Waals surface area contributed by atoms with Crippen LogP contribution in [0.3, 0.4) is 0 Å². The highest BCUT2D eigenvalue weighted by molar-refractivity contribution is 6.00. The van der Waals surface area contributed by atoms with Gasteiger partial charge in [0.15, 0.2) is 5.65 Å². The van der Waals surface area contributed by atoms with Gasteiger partial charge in [-0.3, -0.25) is 15.0 Å². The maximum Gasteiger partial charge on any atom is 0.212 e. The SMILES string of the molecule is CCOc1cc(-c2ccc(C3=CCN(Cc4ccc(OC)nc4)C3)nc2)c2c3cn[nH]c3nn2c1. The standard InChI is InChI=1S/C26H25N7O2/c1-3-35-20-10-21(25-22-13-29-30-26(22)31-33(25)16-20)18-5-6-23(27-12-18)19-8-9-32(15-19)14-17-4-7-24(34-2)28-11-17/h4-8,10-13,16H,3,9,14-15H2,1-2H3,(H,30,31). The Morgan fingerprint density at radius 3 is 2.80 bits per heavy atom. The first-order valence-corrected chi connectivity index (χ1v) is 11.6. The summed E-state index contributed by atoms with van der Waals surface area (Å²) in [7, 11) is 1.63. The zero-order chi connectivity index (χ0) is 23.8. The van der Waals surface area contributed by atoms with Gasteiger partial charge >= 0.3 is 0 Å². The quantitative estimate of drug-likeness (QED) is 0.387. The predicted octanol–water partition coefficient (Wildman–Crippen LogP) is 3.97. The first-order chi connectivity index (χ1) is 17.2. The first kappa shape index (κ1) is 21.3. The van der Waals surface area contributed by atoms with E-state index in [1.807, 2.05) is 42.2 Å². The van der Waals surface area contributed by atoms with Crippen molar-refractivity contribution in [2.24, 2.45) is 0 Å². The van der Waals surface area contributed by atoms with Crippen LogP contribution in [0.2, 0.25) is 0 Å². The third-order valence-electron chi connectivity index (χ3n) is 6.22. The molecule has 0 bridgehead atoms. The summed E-state index contributed by atoms with van der Waals surface area (Å²) in [5, 5.41) is 12.7. The minimum Gasteiger partial charge on any atom is -0.492 e. The Labute approximate surface area is 202 Å². The molecule has 0 fully saturated rings. The number of nitrogens with zero attached hydrogens (tertiary/aromatic N) is 6. The molecule has 6 rings (SSSR count). The van der Waals surface area contributed by atoms with Crippen LogP contribution in [0.25, 0.3) is 33.3 Å². The van der Waals surface area contributed by atoms with Gasteiger partial charge in [0, 0.05) is 49.2 Å². The number of rotatable bonds is 7. The van der Waals surface area contributed by atoms with Crippen LogP contribution in [0.1, 0.15) is 18.2 Å². The lowest BCUT2D eigenvalue weighted by atomic mass is 10.0. The Morgan fingerprint density at radius 1 is 1.09 bits per heavy atom. The lowest BCUT2D eigenvalue weighted by Crippen LogP contribution is -2.20. The summed E-state index contributed by atoms with van der Waals surface area (Å²) in [6.45, 7) is 5.12. The summed E-state index contributed by atoms with van der Waals surface area (Å²) >= 11 is 0. The van der Waals surface area contributed by atoms with Crippen molar-refractivity contribution >= 4 is 22.1 Å². The van der Waals surface area contributed by atoms with E-state index in [0.717, 1.165) is 64.3 Å². The van der Waals surface area contributed by atoms with Gasteiger partial charge in [0.1, 0.15) is 5.75 Å². The van der Waals surface area contributed by atoms with Gasteiger partial charge in [-0.05, 0) is 30.2 Å². The molecule has 0 aromatic carbocycles. The molecule has 9 heteroatoms. The smallest absolute Gasteiger partial charge is 0.212 e. The zero-order valence-electron chi connectivity index (χ0n) is 19.6. The van der Waals surface area contributed by atoms with Gasteiger partial charge in [-0.15, -0.1) is 5.10 Å². The van der Waals surface area contributed by atoms with Crippen LogP contribution in [0, 0.1) is 0 Å². The van der Waals surface area contributed by atoms with Crippen LogP contribution in [0.15, 0.2) is 61.2 Å². The maximum absolute atomic E-state index is 5.79.